The standard InChI is InChI=1S/C13H11BrNO2S/c1-10-2-6-12(7-3-10)15(18(16)17)13-8-4-11(14)5-9-13/h2-9,18H,1H2. The Morgan fingerprint density at radius 1 is 0.889 bits per heavy atom. The van der Waals surface area contributed by atoms with Gasteiger partial charge in [-0.05, 0) is 48.9 Å². The van der Waals surface area contributed by atoms with E-state index in [0.29, 0.717) is 11.4 Å². The number of hydrogen-bond donors (Lipinski definition) is 1. The highest BCUT2D eigenvalue weighted by Crippen LogP contribution is 2.26. The monoisotopic (exact) mass is 324 g/mol. The molecule has 0 spiro atoms. The largest absolute Gasteiger partial charge is 0.241 e. The Bertz CT molecular complexity index is 552. The lowest BCUT2D eigenvalue weighted by molar-refractivity contribution is 0.614. The highest BCUT2D eigenvalue weighted by Gasteiger charge is 2.10. The highest BCUT2D eigenvalue weighted by atomic mass is 79.9. The van der Waals surface area contributed by atoms with E-state index in [0.717, 1.165) is 10.0 Å². The molecular formula is C13H11BrNO2S. The predicted molar refractivity (Wildman–Crippen MR) is 77.5 cm³/mol. The quantitative estimate of drug-likeness (QED) is 0.879. The van der Waals surface area contributed by atoms with Crippen LogP contribution in [-0.2, 0) is 10.9 Å². The SMILES string of the molecule is [CH2]c1ccc(N(c2ccc(Br)cc2)[SH](=O)=O)cc1. The van der Waals surface area contributed by atoms with Gasteiger partial charge >= 0.3 is 0 Å². The summed E-state index contributed by atoms with van der Waals surface area (Å²) in [5.41, 5.74) is 2.04. The van der Waals surface area contributed by atoms with E-state index in [1.54, 1.807) is 48.5 Å². The van der Waals surface area contributed by atoms with Gasteiger partial charge in [0.1, 0.15) is 0 Å². The molecule has 0 aliphatic heterocycles. The minimum absolute atomic E-state index is 0.598. The van der Waals surface area contributed by atoms with Gasteiger partial charge in [-0.3, -0.25) is 0 Å². The molecule has 0 N–H and O–H groups in total. The average Bonchev–Trinajstić information content (AvgIpc) is 2.34. The van der Waals surface area contributed by atoms with Gasteiger partial charge in [0.2, 0.25) is 10.9 Å². The molecule has 2 aromatic carbocycles. The summed E-state index contributed by atoms with van der Waals surface area (Å²) in [6, 6.07) is 14.1. The maximum absolute atomic E-state index is 11.4. The zero-order valence-corrected chi connectivity index (χ0v) is 11.9. The lowest BCUT2D eigenvalue weighted by Crippen LogP contribution is -2.14. The predicted octanol–water partition coefficient (Wildman–Crippen LogP) is 3.30. The molecule has 18 heavy (non-hydrogen) atoms. The molecule has 0 saturated heterocycles. The molecule has 3 nitrogen and oxygen atoms in total. The number of rotatable bonds is 3. The van der Waals surface area contributed by atoms with Gasteiger partial charge in [-0.1, -0.05) is 28.1 Å². The summed E-state index contributed by atoms with van der Waals surface area (Å²) < 4.78 is 25.0. The zero-order chi connectivity index (χ0) is 13.1. The fraction of sp³-hybridized carbons (Fsp3) is 0. The van der Waals surface area contributed by atoms with E-state index >= 15 is 0 Å². The summed E-state index contributed by atoms with van der Waals surface area (Å²) in [6.07, 6.45) is 0. The van der Waals surface area contributed by atoms with Crippen LogP contribution < -0.4 is 4.31 Å². The van der Waals surface area contributed by atoms with Crippen LogP contribution in [0.25, 0.3) is 0 Å². The Labute approximate surface area is 116 Å². The first kappa shape index (κ1) is 13.1. The van der Waals surface area contributed by atoms with Crippen molar-refractivity contribution in [2.24, 2.45) is 0 Å². The first-order chi connectivity index (χ1) is 8.58. The number of benzene rings is 2. The summed E-state index contributed by atoms with van der Waals surface area (Å²) in [5, 5.41) is 0. The fourth-order valence-electron chi connectivity index (χ4n) is 1.56. The van der Waals surface area contributed by atoms with E-state index in [-0.39, 0.29) is 0 Å². The van der Waals surface area contributed by atoms with Gasteiger partial charge in [-0.2, -0.15) is 0 Å². The third-order valence-corrected chi connectivity index (χ3v) is 3.73. The molecule has 0 saturated carbocycles. The lowest BCUT2D eigenvalue weighted by atomic mass is 10.2. The molecule has 0 atom stereocenters. The molecule has 0 unspecified atom stereocenters. The molecule has 0 aliphatic carbocycles. The minimum atomic E-state index is -2.74. The van der Waals surface area contributed by atoms with Crippen LogP contribution in [0.5, 0.6) is 0 Å². The van der Waals surface area contributed by atoms with Crippen molar-refractivity contribution in [1.82, 2.24) is 0 Å². The molecule has 2 aromatic rings. The zero-order valence-electron chi connectivity index (χ0n) is 9.41. The van der Waals surface area contributed by atoms with Crippen LogP contribution in [0, 0.1) is 6.92 Å². The number of nitrogens with zero attached hydrogens (tertiary/aromatic N) is 1. The van der Waals surface area contributed by atoms with Crippen LogP contribution in [0.1, 0.15) is 5.56 Å². The van der Waals surface area contributed by atoms with Crippen molar-refractivity contribution >= 4 is 38.2 Å². The van der Waals surface area contributed by atoms with Gasteiger partial charge < -0.3 is 0 Å². The van der Waals surface area contributed by atoms with Crippen LogP contribution in [0.4, 0.5) is 11.4 Å². The van der Waals surface area contributed by atoms with Crippen molar-refractivity contribution in [3.05, 3.63) is 65.5 Å². The van der Waals surface area contributed by atoms with Gasteiger partial charge in [-0.15, -0.1) is 0 Å². The van der Waals surface area contributed by atoms with Crippen LogP contribution in [0.15, 0.2) is 53.0 Å². The molecule has 0 heterocycles. The average molecular weight is 325 g/mol. The highest BCUT2D eigenvalue weighted by molar-refractivity contribution is 9.10. The van der Waals surface area contributed by atoms with E-state index in [2.05, 4.69) is 22.9 Å². The smallest absolute Gasteiger partial charge is 0.229 e. The lowest BCUT2D eigenvalue weighted by Gasteiger charge is -2.17. The van der Waals surface area contributed by atoms with Crippen LogP contribution in [0.2, 0.25) is 0 Å². The minimum Gasteiger partial charge on any atom is -0.241 e. The Morgan fingerprint density at radius 2 is 1.33 bits per heavy atom. The van der Waals surface area contributed by atoms with E-state index < -0.39 is 10.9 Å². The second-order valence-corrected chi connectivity index (χ2v) is 5.48. The van der Waals surface area contributed by atoms with Gasteiger partial charge in [0.25, 0.3) is 0 Å². The summed E-state index contributed by atoms with van der Waals surface area (Å²) in [6.45, 7) is 3.77. The molecule has 0 bridgehead atoms. The van der Waals surface area contributed by atoms with E-state index in [1.807, 2.05) is 0 Å². The van der Waals surface area contributed by atoms with Crippen molar-refractivity contribution in [1.29, 1.82) is 0 Å². The molecule has 2 rings (SSSR count). The Hall–Kier alpha value is -1.33. The van der Waals surface area contributed by atoms with E-state index in [4.69, 9.17) is 0 Å². The second-order valence-electron chi connectivity index (χ2n) is 3.69. The third kappa shape index (κ3) is 2.91. The van der Waals surface area contributed by atoms with Crippen molar-refractivity contribution in [3.63, 3.8) is 0 Å². The maximum atomic E-state index is 11.4. The topological polar surface area (TPSA) is 37.4 Å². The number of hydrogen-bond acceptors (Lipinski definition) is 2. The first-order valence-electron chi connectivity index (χ1n) is 5.20. The van der Waals surface area contributed by atoms with Crippen molar-refractivity contribution < 1.29 is 8.42 Å². The maximum Gasteiger partial charge on any atom is 0.229 e. The normalized spacial score (nSPS) is 10.6. The van der Waals surface area contributed by atoms with Gasteiger partial charge in [0, 0.05) is 4.47 Å². The van der Waals surface area contributed by atoms with Gasteiger partial charge in [-0.25, -0.2) is 12.7 Å². The molecule has 5 heteroatoms. The summed E-state index contributed by atoms with van der Waals surface area (Å²) >= 11 is 3.32. The van der Waals surface area contributed by atoms with Gasteiger partial charge in [0.05, 0.1) is 11.4 Å². The third-order valence-electron chi connectivity index (χ3n) is 2.42. The molecule has 93 valence electrons. The fourth-order valence-corrected chi connectivity index (χ4v) is 2.47. The molecular weight excluding hydrogens is 314 g/mol. The summed E-state index contributed by atoms with van der Waals surface area (Å²) in [4.78, 5) is 0. The van der Waals surface area contributed by atoms with Crippen molar-refractivity contribution in [2.45, 2.75) is 0 Å². The number of anilines is 2. The molecule has 0 aromatic heterocycles. The number of halogens is 1. The Balaban J connectivity index is 2.46. The van der Waals surface area contributed by atoms with Crippen molar-refractivity contribution in [3.8, 4) is 0 Å². The van der Waals surface area contributed by atoms with E-state index in [9.17, 15) is 8.42 Å². The molecule has 0 amide bonds. The molecule has 0 fully saturated rings. The second kappa shape index (κ2) is 5.54. The van der Waals surface area contributed by atoms with Gasteiger partial charge in [0.15, 0.2) is 0 Å². The Morgan fingerprint density at radius 3 is 1.78 bits per heavy atom. The number of thiol groups is 1. The first-order valence-corrected chi connectivity index (χ1v) is 7.12. The molecule has 1 radical (unpaired) electrons. The summed E-state index contributed by atoms with van der Waals surface area (Å²) in [5.74, 6) is 0. The van der Waals surface area contributed by atoms with Crippen molar-refractivity contribution in [2.75, 3.05) is 4.31 Å². The summed E-state index contributed by atoms with van der Waals surface area (Å²) in [7, 11) is -2.74. The van der Waals surface area contributed by atoms with Crippen LogP contribution >= 0.6 is 15.9 Å². The van der Waals surface area contributed by atoms with Crippen LogP contribution in [0.3, 0.4) is 0 Å². The Kier molecular flexibility index (Phi) is 4.04. The van der Waals surface area contributed by atoms with E-state index in [1.165, 1.54) is 4.31 Å². The molecule has 0 aliphatic rings. The van der Waals surface area contributed by atoms with Crippen LogP contribution in [-0.4, -0.2) is 8.42 Å².